The van der Waals surface area contributed by atoms with Gasteiger partial charge < -0.3 is 4.74 Å². The molecule has 0 N–H and O–H groups in total. The van der Waals surface area contributed by atoms with Crippen LogP contribution in [0, 0.1) is 0 Å². The largest absolute Gasteiger partial charge is 0.466 e. The zero-order valence-corrected chi connectivity index (χ0v) is 42.9. The summed E-state index contributed by atoms with van der Waals surface area (Å²) in [4.78, 5) is 12.1. The molecule has 0 aliphatic heterocycles. The number of esters is 1. The van der Waals surface area contributed by atoms with Crippen molar-refractivity contribution in [1.82, 2.24) is 0 Å². The molecule has 0 atom stereocenters. The maximum Gasteiger partial charge on any atom is 0.305 e. The summed E-state index contributed by atoms with van der Waals surface area (Å²) >= 11 is 0. The predicted molar refractivity (Wildman–Crippen MR) is 276 cm³/mol. The van der Waals surface area contributed by atoms with Crippen molar-refractivity contribution in [3.8, 4) is 0 Å². The Balaban J connectivity index is 3.14. The molecule has 2 nitrogen and oxygen atoms in total. The van der Waals surface area contributed by atoms with E-state index in [1.54, 1.807) is 0 Å². The molecule has 366 valence electrons. The molecule has 0 fully saturated rings. The fourth-order valence-corrected chi connectivity index (χ4v) is 9.61. The Bertz CT molecular complexity index is 762. The number of rotatable bonds is 56. The van der Waals surface area contributed by atoms with E-state index in [1.165, 1.54) is 334 Å². The Kier molecular flexibility index (Phi) is 57.0. The zero-order valence-electron chi connectivity index (χ0n) is 42.9. The molecule has 0 radical (unpaired) electrons. The van der Waals surface area contributed by atoms with Gasteiger partial charge in [-0.05, 0) is 12.8 Å². The quantitative estimate of drug-likeness (QED) is 0.0450. The normalized spacial score (nSPS) is 11.6. The summed E-state index contributed by atoms with van der Waals surface area (Å²) in [6.07, 6.45) is 77.3. The third kappa shape index (κ3) is 57.5. The van der Waals surface area contributed by atoms with E-state index in [9.17, 15) is 4.79 Å². The lowest BCUT2D eigenvalue weighted by atomic mass is 10.0. The summed E-state index contributed by atoms with van der Waals surface area (Å²) in [6, 6.07) is 0. The zero-order chi connectivity index (χ0) is 43.9. The van der Waals surface area contributed by atoms with Gasteiger partial charge in [-0.2, -0.15) is 0 Å². The highest BCUT2D eigenvalue weighted by Crippen LogP contribution is 2.19. The minimum atomic E-state index is 0.0360. The molecule has 0 aromatic carbocycles. The molecule has 0 unspecified atom stereocenters. The van der Waals surface area contributed by atoms with Crippen LogP contribution in [0.2, 0.25) is 0 Å². The first-order valence-corrected chi connectivity index (χ1v) is 29.5. The molecule has 0 spiro atoms. The van der Waals surface area contributed by atoms with Gasteiger partial charge >= 0.3 is 5.97 Å². The molecule has 0 saturated heterocycles. The lowest BCUT2D eigenvalue weighted by Crippen LogP contribution is -2.05. The predicted octanol–water partition coefficient (Wildman–Crippen LogP) is 22.0. The fourth-order valence-electron chi connectivity index (χ4n) is 9.61. The first-order valence-electron chi connectivity index (χ1n) is 29.5. The topological polar surface area (TPSA) is 26.3 Å². The summed E-state index contributed by atoms with van der Waals surface area (Å²) in [5, 5.41) is 0. The maximum absolute atomic E-state index is 12.1. The standard InChI is InChI=1S/C59H118O2/c1-3-5-7-9-11-13-15-17-19-21-23-25-27-28-29-30-31-32-33-34-35-36-38-40-42-44-46-48-50-52-54-56-58-61-59(60)57-55-53-51-49-47-45-43-41-39-37-26-24-22-20-18-16-14-12-10-8-6-4-2/h3-58H2,1-2H3. The van der Waals surface area contributed by atoms with Crippen LogP contribution in [0.15, 0.2) is 0 Å². The van der Waals surface area contributed by atoms with Gasteiger partial charge in [0.15, 0.2) is 0 Å². The van der Waals surface area contributed by atoms with Crippen molar-refractivity contribution >= 4 is 5.97 Å². The lowest BCUT2D eigenvalue weighted by molar-refractivity contribution is -0.143. The summed E-state index contributed by atoms with van der Waals surface area (Å²) in [5.74, 6) is 0.0360. The van der Waals surface area contributed by atoms with Crippen LogP contribution < -0.4 is 0 Å². The van der Waals surface area contributed by atoms with E-state index in [-0.39, 0.29) is 5.97 Å². The highest BCUT2D eigenvalue weighted by atomic mass is 16.5. The van der Waals surface area contributed by atoms with Crippen LogP contribution in [-0.2, 0) is 9.53 Å². The van der Waals surface area contributed by atoms with Crippen molar-refractivity contribution in [2.75, 3.05) is 6.61 Å². The van der Waals surface area contributed by atoms with Gasteiger partial charge in [-0.3, -0.25) is 4.79 Å². The Labute approximate surface area is 387 Å². The number of hydrogen-bond donors (Lipinski definition) is 0. The minimum Gasteiger partial charge on any atom is -0.466 e. The van der Waals surface area contributed by atoms with Crippen molar-refractivity contribution in [2.45, 2.75) is 367 Å². The molecule has 0 bridgehead atoms. The average Bonchev–Trinajstić information content (AvgIpc) is 3.27. The Morgan fingerprint density at radius 3 is 0.541 bits per heavy atom. The monoisotopic (exact) mass is 859 g/mol. The van der Waals surface area contributed by atoms with Gasteiger partial charge in [0.05, 0.1) is 6.61 Å². The molecule has 0 saturated carbocycles. The molecule has 61 heavy (non-hydrogen) atoms. The molecular formula is C59H118O2. The second-order valence-corrected chi connectivity index (χ2v) is 20.4. The number of hydrogen-bond acceptors (Lipinski definition) is 2. The van der Waals surface area contributed by atoms with Gasteiger partial charge in [0.25, 0.3) is 0 Å². The Morgan fingerprint density at radius 2 is 0.361 bits per heavy atom. The molecule has 0 aromatic heterocycles. The van der Waals surface area contributed by atoms with Crippen LogP contribution in [0.25, 0.3) is 0 Å². The van der Waals surface area contributed by atoms with Crippen LogP contribution in [0.1, 0.15) is 367 Å². The highest BCUT2D eigenvalue weighted by Gasteiger charge is 2.03. The van der Waals surface area contributed by atoms with E-state index < -0.39 is 0 Å². The van der Waals surface area contributed by atoms with Crippen LogP contribution in [0.3, 0.4) is 0 Å². The molecule has 0 rings (SSSR count). The summed E-state index contributed by atoms with van der Waals surface area (Å²) < 4.78 is 5.52. The fraction of sp³-hybridized carbons (Fsp3) is 0.983. The first kappa shape index (κ1) is 60.5. The van der Waals surface area contributed by atoms with Crippen molar-refractivity contribution in [3.05, 3.63) is 0 Å². The van der Waals surface area contributed by atoms with Gasteiger partial charge in [-0.15, -0.1) is 0 Å². The Morgan fingerprint density at radius 1 is 0.213 bits per heavy atom. The van der Waals surface area contributed by atoms with E-state index in [0.29, 0.717) is 13.0 Å². The third-order valence-electron chi connectivity index (χ3n) is 14.0. The van der Waals surface area contributed by atoms with Gasteiger partial charge in [0, 0.05) is 6.42 Å². The van der Waals surface area contributed by atoms with E-state index in [0.717, 1.165) is 12.8 Å². The summed E-state index contributed by atoms with van der Waals surface area (Å²) in [5.41, 5.74) is 0. The smallest absolute Gasteiger partial charge is 0.305 e. The van der Waals surface area contributed by atoms with E-state index in [2.05, 4.69) is 13.8 Å². The number of carbonyl (C=O) groups is 1. The molecule has 0 heterocycles. The molecule has 0 aliphatic carbocycles. The minimum absolute atomic E-state index is 0.0360. The number of carbonyl (C=O) groups excluding carboxylic acids is 1. The van der Waals surface area contributed by atoms with Gasteiger partial charge in [0.2, 0.25) is 0 Å². The van der Waals surface area contributed by atoms with E-state index >= 15 is 0 Å². The average molecular weight is 860 g/mol. The SMILES string of the molecule is CCCCCCCCCCCCCCCCCCCCCCCCCCCCCCCCCCOC(=O)CCCCCCCCCCCCCCCCCCCCCCCC. The molecule has 0 aromatic rings. The summed E-state index contributed by atoms with van der Waals surface area (Å²) in [7, 11) is 0. The first-order chi connectivity index (χ1) is 30.3. The molecule has 2 heteroatoms. The van der Waals surface area contributed by atoms with Crippen LogP contribution in [0.4, 0.5) is 0 Å². The van der Waals surface area contributed by atoms with Gasteiger partial charge in [0.1, 0.15) is 0 Å². The van der Waals surface area contributed by atoms with Gasteiger partial charge in [-0.1, -0.05) is 348 Å². The highest BCUT2D eigenvalue weighted by molar-refractivity contribution is 5.69. The molecule has 0 amide bonds. The van der Waals surface area contributed by atoms with Crippen molar-refractivity contribution in [1.29, 1.82) is 0 Å². The van der Waals surface area contributed by atoms with Crippen molar-refractivity contribution in [3.63, 3.8) is 0 Å². The van der Waals surface area contributed by atoms with Crippen LogP contribution in [0.5, 0.6) is 0 Å². The second kappa shape index (κ2) is 57.5. The van der Waals surface area contributed by atoms with E-state index in [4.69, 9.17) is 4.74 Å². The Hall–Kier alpha value is -0.530. The van der Waals surface area contributed by atoms with Crippen molar-refractivity contribution < 1.29 is 9.53 Å². The van der Waals surface area contributed by atoms with Crippen molar-refractivity contribution in [2.24, 2.45) is 0 Å². The third-order valence-corrected chi connectivity index (χ3v) is 14.0. The maximum atomic E-state index is 12.1. The molecular weight excluding hydrogens is 741 g/mol. The number of unbranched alkanes of at least 4 members (excludes halogenated alkanes) is 52. The summed E-state index contributed by atoms with van der Waals surface area (Å²) in [6.45, 7) is 5.25. The van der Waals surface area contributed by atoms with E-state index in [1.807, 2.05) is 0 Å². The van der Waals surface area contributed by atoms with Gasteiger partial charge in [-0.25, -0.2) is 0 Å². The lowest BCUT2D eigenvalue weighted by Gasteiger charge is -2.06. The number of ether oxygens (including phenoxy) is 1. The van der Waals surface area contributed by atoms with Crippen LogP contribution in [-0.4, -0.2) is 12.6 Å². The molecule has 0 aliphatic rings. The second-order valence-electron chi connectivity index (χ2n) is 20.4. The van der Waals surface area contributed by atoms with Crippen LogP contribution >= 0.6 is 0 Å².